The number of methoxy groups -OCH3 is 2. The number of benzene rings is 3. The fraction of sp³-hybridized carbons (Fsp3) is 0.276. The number of hydrogen-bond donors (Lipinski definition) is 1. The van der Waals surface area contributed by atoms with Crippen molar-refractivity contribution in [2.45, 2.75) is 25.4 Å². The third-order valence-corrected chi connectivity index (χ3v) is 6.68. The number of furan rings is 1. The zero-order valence-corrected chi connectivity index (χ0v) is 20.1. The molecule has 0 radical (unpaired) electrons. The van der Waals surface area contributed by atoms with Crippen LogP contribution in [0.4, 0.5) is 0 Å². The van der Waals surface area contributed by atoms with Gasteiger partial charge in [0.15, 0.2) is 0 Å². The van der Waals surface area contributed by atoms with Crippen molar-refractivity contribution < 1.29 is 18.7 Å². The molecule has 1 aliphatic heterocycles. The number of amides is 1. The van der Waals surface area contributed by atoms with E-state index in [2.05, 4.69) is 16.3 Å². The van der Waals surface area contributed by atoms with Crippen molar-refractivity contribution in [2.24, 2.45) is 0 Å². The van der Waals surface area contributed by atoms with Crippen LogP contribution >= 0.6 is 0 Å². The molecule has 0 spiro atoms. The molecule has 6 heteroatoms. The minimum absolute atomic E-state index is 0.0998. The predicted molar refractivity (Wildman–Crippen MR) is 137 cm³/mol. The van der Waals surface area contributed by atoms with Crippen molar-refractivity contribution in [1.82, 2.24) is 10.2 Å². The molecular weight excluding hydrogens is 440 g/mol. The molecule has 6 nitrogen and oxygen atoms in total. The fourth-order valence-electron chi connectivity index (χ4n) is 4.82. The highest BCUT2D eigenvalue weighted by atomic mass is 16.5. The van der Waals surface area contributed by atoms with E-state index < -0.39 is 0 Å². The van der Waals surface area contributed by atoms with Crippen LogP contribution in [0, 0.1) is 0 Å². The van der Waals surface area contributed by atoms with E-state index in [9.17, 15) is 4.79 Å². The zero-order valence-electron chi connectivity index (χ0n) is 20.1. The normalized spacial score (nSPS) is 14.7. The van der Waals surface area contributed by atoms with Gasteiger partial charge < -0.3 is 19.2 Å². The van der Waals surface area contributed by atoms with Gasteiger partial charge in [-0.3, -0.25) is 9.69 Å². The zero-order chi connectivity index (χ0) is 24.2. The molecule has 4 aromatic rings. The van der Waals surface area contributed by atoms with Crippen LogP contribution in [0.25, 0.3) is 22.1 Å². The topological polar surface area (TPSA) is 63.9 Å². The molecule has 1 saturated heterocycles. The van der Waals surface area contributed by atoms with E-state index in [4.69, 9.17) is 13.9 Å². The fourth-order valence-corrected chi connectivity index (χ4v) is 4.82. The molecule has 1 aromatic heterocycles. The first-order valence-electron chi connectivity index (χ1n) is 12.0. The number of rotatable bonds is 7. The van der Waals surface area contributed by atoms with Gasteiger partial charge in [-0.25, -0.2) is 0 Å². The number of ether oxygens (including phenoxy) is 2. The second-order valence-corrected chi connectivity index (χ2v) is 8.87. The molecule has 0 bridgehead atoms. The predicted octanol–water partition coefficient (Wildman–Crippen LogP) is 5.51. The van der Waals surface area contributed by atoms with Gasteiger partial charge in [0, 0.05) is 48.3 Å². The SMILES string of the molecule is COc1ccc2c(-c3ccccc3)c(C(=O)NC3CCN(Cc4ccccc4OC)CC3)oc2c1. The summed E-state index contributed by atoms with van der Waals surface area (Å²) < 4.78 is 17.0. The van der Waals surface area contributed by atoms with Crippen LogP contribution < -0.4 is 14.8 Å². The van der Waals surface area contributed by atoms with E-state index >= 15 is 0 Å². The summed E-state index contributed by atoms with van der Waals surface area (Å²) >= 11 is 0. The van der Waals surface area contributed by atoms with Crippen LogP contribution in [-0.2, 0) is 6.54 Å². The molecule has 0 unspecified atom stereocenters. The Kier molecular flexibility index (Phi) is 6.73. The summed E-state index contributed by atoms with van der Waals surface area (Å²) in [5.41, 5.74) is 3.59. The van der Waals surface area contributed by atoms with Crippen molar-refractivity contribution in [1.29, 1.82) is 0 Å². The van der Waals surface area contributed by atoms with Gasteiger partial charge in [0.05, 0.1) is 14.2 Å². The lowest BCUT2D eigenvalue weighted by atomic mass is 10.0. The summed E-state index contributed by atoms with van der Waals surface area (Å²) in [6.45, 7) is 2.66. The van der Waals surface area contributed by atoms with Crippen molar-refractivity contribution in [3.05, 3.63) is 84.1 Å². The Hall–Kier alpha value is -3.77. The molecule has 1 fully saturated rings. The van der Waals surface area contributed by atoms with E-state index in [0.29, 0.717) is 17.1 Å². The van der Waals surface area contributed by atoms with Crippen molar-refractivity contribution in [3.63, 3.8) is 0 Å². The molecule has 1 aliphatic rings. The number of nitrogens with zero attached hydrogens (tertiary/aromatic N) is 1. The Morgan fingerprint density at radius 3 is 2.46 bits per heavy atom. The molecule has 0 atom stereocenters. The summed E-state index contributed by atoms with van der Waals surface area (Å²) in [6, 6.07) is 23.8. The second-order valence-electron chi connectivity index (χ2n) is 8.87. The Bertz CT molecular complexity index is 1310. The molecule has 1 amide bonds. The number of likely N-dealkylation sites (tertiary alicyclic amines) is 1. The van der Waals surface area contributed by atoms with Gasteiger partial charge in [0.25, 0.3) is 5.91 Å². The summed E-state index contributed by atoms with van der Waals surface area (Å²) in [4.78, 5) is 15.8. The number of piperidine rings is 1. The van der Waals surface area contributed by atoms with Crippen molar-refractivity contribution in [2.75, 3.05) is 27.3 Å². The average Bonchev–Trinajstić information content (AvgIpc) is 3.29. The molecule has 35 heavy (non-hydrogen) atoms. The summed E-state index contributed by atoms with van der Waals surface area (Å²) in [7, 11) is 3.33. The van der Waals surface area contributed by atoms with Crippen LogP contribution in [0.15, 0.2) is 77.2 Å². The van der Waals surface area contributed by atoms with Crippen LogP contribution in [-0.4, -0.2) is 44.2 Å². The Balaban J connectivity index is 1.31. The van der Waals surface area contributed by atoms with Gasteiger partial charge in [0.2, 0.25) is 5.76 Å². The van der Waals surface area contributed by atoms with Gasteiger partial charge in [-0.15, -0.1) is 0 Å². The molecule has 1 N–H and O–H groups in total. The van der Waals surface area contributed by atoms with Gasteiger partial charge >= 0.3 is 0 Å². The number of nitrogens with one attached hydrogen (secondary N) is 1. The first-order chi connectivity index (χ1) is 17.2. The van der Waals surface area contributed by atoms with Crippen LogP contribution in [0.5, 0.6) is 11.5 Å². The minimum Gasteiger partial charge on any atom is -0.497 e. The minimum atomic E-state index is -0.179. The molecular formula is C29H30N2O4. The van der Waals surface area contributed by atoms with Crippen molar-refractivity contribution >= 4 is 16.9 Å². The summed E-state index contributed by atoms with van der Waals surface area (Å²) in [5, 5.41) is 4.12. The van der Waals surface area contributed by atoms with E-state index in [-0.39, 0.29) is 11.9 Å². The Morgan fingerprint density at radius 2 is 1.71 bits per heavy atom. The lowest BCUT2D eigenvalue weighted by molar-refractivity contribution is 0.0884. The van der Waals surface area contributed by atoms with E-state index in [1.807, 2.05) is 66.7 Å². The Morgan fingerprint density at radius 1 is 0.971 bits per heavy atom. The maximum Gasteiger partial charge on any atom is 0.287 e. The van der Waals surface area contributed by atoms with Gasteiger partial charge in [-0.1, -0.05) is 48.5 Å². The third-order valence-electron chi connectivity index (χ3n) is 6.68. The number of carbonyl (C=O) groups is 1. The maximum atomic E-state index is 13.4. The van der Waals surface area contributed by atoms with Crippen molar-refractivity contribution in [3.8, 4) is 22.6 Å². The largest absolute Gasteiger partial charge is 0.497 e. The smallest absolute Gasteiger partial charge is 0.287 e. The van der Waals surface area contributed by atoms with Gasteiger partial charge in [-0.2, -0.15) is 0 Å². The highest BCUT2D eigenvalue weighted by molar-refractivity contribution is 6.08. The molecule has 180 valence electrons. The number of hydrogen-bond acceptors (Lipinski definition) is 5. The monoisotopic (exact) mass is 470 g/mol. The molecule has 0 aliphatic carbocycles. The molecule has 5 rings (SSSR count). The van der Waals surface area contributed by atoms with E-state index in [0.717, 1.165) is 54.7 Å². The highest BCUT2D eigenvalue weighted by Crippen LogP contribution is 2.36. The molecule has 0 saturated carbocycles. The first-order valence-corrected chi connectivity index (χ1v) is 12.0. The number of carbonyl (C=O) groups excluding carboxylic acids is 1. The average molecular weight is 471 g/mol. The highest BCUT2D eigenvalue weighted by Gasteiger charge is 2.26. The van der Waals surface area contributed by atoms with Crippen LogP contribution in [0.2, 0.25) is 0 Å². The lowest BCUT2D eigenvalue weighted by Gasteiger charge is -2.32. The third kappa shape index (κ3) is 4.88. The van der Waals surface area contributed by atoms with Crippen LogP contribution in [0.1, 0.15) is 29.0 Å². The summed E-state index contributed by atoms with van der Waals surface area (Å²) in [6.07, 6.45) is 1.77. The van der Waals surface area contributed by atoms with E-state index in [1.54, 1.807) is 14.2 Å². The standard InChI is InChI=1S/C29H30N2O4/c1-33-23-12-13-24-26(18-23)35-28(27(24)20-8-4-3-5-9-20)29(32)30-22-14-16-31(17-15-22)19-21-10-6-7-11-25(21)34-2/h3-13,18,22H,14-17,19H2,1-2H3,(H,30,32). The van der Waals surface area contributed by atoms with Crippen LogP contribution in [0.3, 0.4) is 0 Å². The van der Waals surface area contributed by atoms with Gasteiger partial charge in [0.1, 0.15) is 17.1 Å². The molecule has 3 aromatic carbocycles. The van der Waals surface area contributed by atoms with E-state index in [1.165, 1.54) is 5.56 Å². The number of fused-ring (bicyclic) bond motifs is 1. The second kappa shape index (κ2) is 10.2. The summed E-state index contributed by atoms with van der Waals surface area (Å²) in [5.74, 6) is 1.77. The lowest BCUT2D eigenvalue weighted by Crippen LogP contribution is -2.44. The number of para-hydroxylation sites is 1. The first kappa shape index (κ1) is 23.0. The molecule has 2 heterocycles. The van der Waals surface area contributed by atoms with Gasteiger partial charge in [-0.05, 0) is 36.6 Å². The quantitative estimate of drug-likeness (QED) is 0.386. The maximum absolute atomic E-state index is 13.4. The Labute approximate surface area is 205 Å².